The van der Waals surface area contributed by atoms with Gasteiger partial charge in [0.05, 0.1) is 17.1 Å². The second kappa shape index (κ2) is 8.24. The molecule has 3 aromatic heterocycles. The van der Waals surface area contributed by atoms with Gasteiger partial charge < -0.3 is 11.5 Å². The summed E-state index contributed by atoms with van der Waals surface area (Å²) in [5.41, 5.74) is 18.0. The lowest BCUT2D eigenvalue weighted by Gasteiger charge is -2.24. The number of carbonyl (C=O) groups excluding carboxylic acids is 1. The lowest BCUT2D eigenvalue weighted by Crippen LogP contribution is -2.26. The van der Waals surface area contributed by atoms with Crippen molar-refractivity contribution in [1.82, 2.24) is 4.98 Å². The number of aromatic nitrogens is 1. The third-order valence-electron chi connectivity index (χ3n) is 6.31. The van der Waals surface area contributed by atoms with Gasteiger partial charge in [0.1, 0.15) is 27.2 Å². The number of benzene rings is 2. The molecule has 8 heteroatoms. The number of aryl methyl sites for hydroxylation is 2. The lowest BCUT2D eigenvalue weighted by atomic mass is 10.0. The van der Waals surface area contributed by atoms with E-state index in [0.29, 0.717) is 26.3 Å². The van der Waals surface area contributed by atoms with Crippen LogP contribution in [0.25, 0.3) is 20.7 Å². The molecule has 35 heavy (non-hydrogen) atoms. The van der Waals surface area contributed by atoms with Crippen LogP contribution in [0.4, 0.5) is 22.9 Å². The molecule has 0 atom stereocenters. The number of hydrogen-bond acceptors (Lipinski definition) is 7. The van der Waals surface area contributed by atoms with Gasteiger partial charge in [-0.3, -0.25) is 9.69 Å². The molecule has 0 fully saturated rings. The fraction of sp³-hybridized carbons (Fsp3) is 0.0741. The fourth-order valence-corrected chi connectivity index (χ4v) is 6.53. The molecule has 5 aromatic rings. The Labute approximate surface area is 209 Å². The van der Waals surface area contributed by atoms with E-state index in [0.717, 1.165) is 40.2 Å². The number of para-hydroxylation sites is 2. The number of nitrogen functional groups attached to an aromatic ring is 2. The molecular weight excluding hydrogens is 474 g/mol. The minimum Gasteiger partial charge on any atom is -0.397 e. The number of nitrogens with zero attached hydrogens (tertiary/aromatic N) is 3. The van der Waals surface area contributed by atoms with Crippen molar-refractivity contribution in [2.75, 3.05) is 16.4 Å². The molecular formula is C27H19N5OS2. The predicted octanol–water partition coefficient (Wildman–Crippen LogP) is 6.14. The molecule has 0 radical (unpaired) electrons. The quantitative estimate of drug-likeness (QED) is 0.307. The van der Waals surface area contributed by atoms with Gasteiger partial charge in [-0.05, 0) is 47.5 Å². The monoisotopic (exact) mass is 493 g/mol. The number of nitrogens with two attached hydrogens (primary N) is 2. The molecule has 0 unspecified atom stereocenters. The number of amides is 1. The zero-order valence-electron chi connectivity index (χ0n) is 18.5. The second-order valence-corrected chi connectivity index (χ2v) is 10.2. The molecule has 0 saturated heterocycles. The van der Waals surface area contributed by atoms with Gasteiger partial charge in [-0.25, -0.2) is 4.98 Å². The number of pyridine rings is 1. The minimum atomic E-state index is -0.221. The Morgan fingerprint density at radius 3 is 2.23 bits per heavy atom. The number of carbonyl (C=O) groups is 1. The molecule has 2 aromatic carbocycles. The Morgan fingerprint density at radius 2 is 1.63 bits per heavy atom. The summed E-state index contributed by atoms with van der Waals surface area (Å²) < 4.78 is 0. The van der Waals surface area contributed by atoms with Gasteiger partial charge in [-0.2, -0.15) is 5.26 Å². The Morgan fingerprint density at radius 1 is 0.971 bits per heavy atom. The van der Waals surface area contributed by atoms with Gasteiger partial charge in [-0.15, -0.1) is 22.7 Å². The van der Waals surface area contributed by atoms with E-state index >= 15 is 0 Å². The Hall–Kier alpha value is -4.19. The van der Waals surface area contributed by atoms with Crippen molar-refractivity contribution < 1.29 is 4.79 Å². The predicted molar refractivity (Wildman–Crippen MR) is 143 cm³/mol. The third-order valence-corrected chi connectivity index (χ3v) is 8.28. The van der Waals surface area contributed by atoms with Gasteiger partial charge in [0.2, 0.25) is 0 Å². The van der Waals surface area contributed by atoms with E-state index in [-0.39, 0.29) is 17.3 Å². The average molecular weight is 494 g/mol. The van der Waals surface area contributed by atoms with E-state index in [1.807, 2.05) is 53.9 Å². The molecule has 170 valence electrons. The highest BCUT2D eigenvalue weighted by atomic mass is 32.1. The summed E-state index contributed by atoms with van der Waals surface area (Å²) in [5, 5.41) is 12.4. The molecule has 6 nitrogen and oxygen atoms in total. The molecule has 6 rings (SSSR count). The second-order valence-electron chi connectivity index (χ2n) is 8.26. The Kier molecular flexibility index (Phi) is 5.02. The lowest BCUT2D eigenvalue weighted by molar-refractivity contribution is 0.100. The van der Waals surface area contributed by atoms with Crippen molar-refractivity contribution in [3.63, 3.8) is 0 Å². The van der Waals surface area contributed by atoms with E-state index in [1.165, 1.54) is 22.7 Å². The number of fused-ring (bicyclic) bond motifs is 3. The van der Waals surface area contributed by atoms with Crippen LogP contribution < -0.4 is 16.4 Å². The van der Waals surface area contributed by atoms with Crippen LogP contribution in [-0.2, 0) is 12.8 Å². The van der Waals surface area contributed by atoms with Gasteiger partial charge in [-0.1, -0.05) is 42.5 Å². The van der Waals surface area contributed by atoms with Gasteiger partial charge in [0.25, 0.3) is 5.91 Å². The van der Waals surface area contributed by atoms with E-state index in [4.69, 9.17) is 11.5 Å². The highest BCUT2D eigenvalue weighted by Gasteiger charge is 2.31. The Balaban J connectivity index is 1.61. The first-order valence-electron chi connectivity index (χ1n) is 11.0. The molecule has 0 saturated carbocycles. The number of thiophene rings is 2. The number of nitriles is 1. The Bertz CT molecular complexity index is 1620. The van der Waals surface area contributed by atoms with Crippen molar-refractivity contribution in [2.24, 2.45) is 0 Å². The summed E-state index contributed by atoms with van der Waals surface area (Å²) in [6, 6.07) is 21.9. The first-order chi connectivity index (χ1) is 17.1. The summed E-state index contributed by atoms with van der Waals surface area (Å²) in [4.78, 5) is 22.2. The van der Waals surface area contributed by atoms with Crippen LogP contribution in [0.5, 0.6) is 0 Å². The smallest absolute Gasteiger partial charge is 0.275 e. The summed E-state index contributed by atoms with van der Waals surface area (Å²) in [5.74, 6) is -0.0874. The number of anilines is 4. The van der Waals surface area contributed by atoms with Crippen molar-refractivity contribution in [1.29, 1.82) is 5.26 Å². The van der Waals surface area contributed by atoms with Crippen molar-refractivity contribution >= 4 is 61.7 Å². The van der Waals surface area contributed by atoms with Gasteiger partial charge in [0, 0.05) is 15.8 Å². The zero-order valence-corrected chi connectivity index (χ0v) is 20.1. The van der Waals surface area contributed by atoms with Crippen molar-refractivity contribution in [2.45, 2.75) is 12.8 Å². The molecule has 1 aliphatic heterocycles. The summed E-state index contributed by atoms with van der Waals surface area (Å²) in [7, 11) is 0. The molecule has 0 bridgehead atoms. The van der Waals surface area contributed by atoms with Crippen LogP contribution in [-0.4, -0.2) is 10.9 Å². The molecule has 0 aliphatic carbocycles. The highest BCUT2D eigenvalue weighted by molar-refractivity contribution is 7.21. The maximum atomic E-state index is 14.2. The van der Waals surface area contributed by atoms with E-state index < -0.39 is 0 Å². The first kappa shape index (κ1) is 21.4. The van der Waals surface area contributed by atoms with Crippen LogP contribution in [0, 0.1) is 11.3 Å². The zero-order chi connectivity index (χ0) is 24.1. The van der Waals surface area contributed by atoms with Crippen LogP contribution >= 0.6 is 22.7 Å². The summed E-state index contributed by atoms with van der Waals surface area (Å²) in [6.07, 6.45) is 1.68. The third kappa shape index (κ3) is 3.28. The first-order valence-corrected chi connectivity index (χ1v) is 12.7. The standard InChI is InChI=1S/C27H19N5OS2/c28-14-17-21(20-10-5-13-34-20)22-23(29)24(35-26(22)31-25(17)30)27(33)32-18-8-3-1-6-15(18)11-12-16-7-2-4-9-19(16)32/h1-10,13H,11-12,29H2,(H2,30,31). The highest BCUT2D eigenvalue weighted by Crippen LogP contribution is 2.46. The molecule has 1 aliphatic rings. The topological polar surface area (TPSA) is 109 Å². The van der Waals surface area contributed by atoms with Gasteiger partial charge >= 0.3 is 0 Å². The van der Waals surface area contributed by atoms with Crippen LogP contribution in [0.1, 0.15) is 26.4 Å². The van der Waals surface area contributed by atoms with Crippen molar-refractivity contribution in [3.05, 3.63) is 87.6 Å². The van der Waals surface area contributed by atoms with E-state index in [9.17, 15) is 10.1 Å². The largest absolute Gasteiger partial charge is 0.397 e. The average Bonchev–Trinajstić information content (AvgIpc) is 3.47. The number of rotatable bonds is 2. The molecule has 4 heterocycles. The van der Waals surface area contributed by atoms with E-state index in [2.05, 4.69) is 23.2 Å². The van der Waals surface area contributed by atoms with Crippen LogP contribution in [0.3, 0.4) is 0 Å². The van der Waals surface area contributed by atoms with Crippen molar-refractivity contribution in [3.8, 4) is 16.5 Å². The summed E-state index contributed by atoms with van der Waals surface area (Å²) >= 11 is 2.70. The number of hydrogen-bond donors (Lipinski definition) is 2. The van der Waals surface area contributed by atoms with E-state index in [1.54, 1.807) is 4.90 Å². The normalized spacial score (nSPS) is 12.6. The summed E-state index contributed by atoms with van der Waals surface area (Å²) in [6.45, 7) is 0. The van der Waals surface area contributed by atoms with Crippen LogP contribution in [0.15, 0.2) is 66.0 Å². The maximum Gasteiger partial charge on any atom is 0.275 e. The SMILES string of the molecule is N#Cc1c(N)nc2sc(C(=O)N3c4ccccc4CCc4ccccc43)c(N)c2c1-c1cccs1. The molecule has 4 N–H and O–H groups in total. The van der Waals surface area contributed by atoms with Gasteiger partial charge in [0.15, 0.2) is 0 Å². The fourth-order valence-electron chi connectivity index (χ4n) is 4.71. The molecule has 0 spiro atoms. The maximum absolute atomic E-state index is 14.2. The van der Waals surface area contributed by atoms with Crippen LogP contribution in [0.2, 0.25) is 0 Å². The molecule has 1 amide bonds. The minimum absolute atomic E-state index is 0.133.